The summed E-state index contributed by atoms with van der Waals surface area (Å²) in [7, 11) is 0. The molecule has 1 aliphatic carbocycles. The van der Waals surface area contributed by atoms with E-state index in [1.54, 1.807) is 0 Å². The second-order valence-electron chi connectivity index (χ2n) is 7.88. The SMILES string of the molecule is CC1CCC(Cc2ccc(CC(C)(C)C)cc2)CC1. The Hall–Kier alpha value is -0.780. The predicted molar refractivity (Wildman–Crippen MR) is 84.4 cm³/mol. The van der Waals surface area contributed by atoms with Crippen LogP contribution in [0.5, 0.6) is 0 Å². The smallest absolute Gasteiger partial charge is 0.0230 e. The summed E-state index contributed by atoms with van der Waals surface area (Å²) in [6.45, 7) is 9.33. The summed E-state index contributed by atoms with van der Waals surface area (Å²) >= 11 is 0. The van der Waals surface area contributed by atoms with Crippen LogP contribution in [0.15, 0.2) is 24.3 Å². The fourth-order valence-electron chi connectivity index (χ4n) is 3.27. The summed E-state index contributed by atoms with van der Waals surface area (Å²) in [5.41, 5.74) is 3.41. The van der Waals surface area contributed by atoms with Crippen LogP contribution in [0.4, 0.5) is 0 Å². The first-order valence-electron chi connectivity index (χ1n) is 8.00. The Morgan fingerprint density at radius 3 is 1.95 bits per heavy atom. The molecule has 106 valence electrons. The highest BCUT2D eigenvalue weighted by atomic mass is 14.2. The Balaban J connectivity index is 1.88. The lowest BCUT2D eigenvalue weighted by Crippen LogP contribution is -2.14. The summed E-state index contributed by atoms with van der Waals surface area (Å²) < 4.78 is 0. The van der Waals surface area contributed by atoms with Crippen LogP contribution in [0.2, 0.25) is 0 Å². The van der Waals surface area contributed by atoms with Crippen LogP contribution in [0, 0.1) is 17.3 Å². The quantitative estimate of drug-likeness (QED) is 0.657. The molecule has 1 aromatic carbocycles. The van der Waals surface area contributed by atoms with Gasteiger partial charge in [-0.3, -0.25) is 0 Å². The number of hydrogen-bond donors (Lipinski definition) is 0. The van der Waals surface area contributed by atoms with Crippen molar-refractivity contribution in [2.45, 2.75) is 66.2 Å². The molecule has 0 atom stereocenters. The van der Waals surface area contributed by atoms with Gasteiger partial charge < -0.3 is 0 Å². The molecular weight excluding hydrogens is 228 g/mol. The van der Waals surface area contributed by atoms with Crippen molar-refractivity contribution >= 4 is 0 Å². The van der Waals surface area contributed by atoms with Gasteiger partial charge in [0.1, 0.15) is 0 Å². The molecule has 0 unspecified atom stereocenters. The zero-order valence-electron chi connectivity index (χ0n) is 13.2. The molecule has 0 nitrogen and oxygen atoms in total. The predicted octanol–water partition coefficient (Wildman–Crippen LogP) is 5.64. The van der Waals surface area contributed by atoms with Crippen molar-refractivity contribution in [3.05, 3.63) is 35.4 Å². The van der Waals surface area contributed by atoms with Crippen molar-refractivity contribution < 1.29 is 0 Å². The van der Waals surface area contributed by atoms with Gasteiger partial charge in [0.25, 0.3) is 0 Å². The summed E-state index contributed by atoms with van der Waals surface area (Å²) in [5, 5.41) is 0. The van der Waals surface area contributed by atoms with E-state index in [4.69, 9.17) is 0 Å². The highest BCUT2D eigenvalue weighted by Crippen LogP contribution is 2.30. The van der Waals surface area contributed by atoms with Gasteiger partial charge in [0.15, 0.2) is 0 Å². The third-order valence-electron chi connectivity index (χ3n) is 4.42. The molecule has 1 saturated carbocycles. The van der Waals surface area contributed by atoms with Crippen LogP contribution in [-0.2, 0) is 12.8 Å². The summed E-state index contributed by atoms with van der Waals surface area (Å²) in [5.74, 6) is 1.90. The van der Waals surface area contributed by atoms with Gasteiger partial charge in [0, 0.05) is 0 Å². The zero-order chi connectivity index (χ0) is 13.9. The minimum atomic E-state index is 0.390. The lowest BCUT2D eigenvalue weighted by Gasteiger charge is -2.26. The highest BCUT2D eigenvalue weighted by Gasteiger charge is 2.18. The minimum absolute atomic E-state index is 0.390. The molecule has 0 heteroatoms. The van der Waals surface area contributed by atoms with E-state index in [1.165, 1.54) is 49.7 Å². The van der Waals surface area contributed by atoms with Gasteiger partial charge in [0.2, 0.25) is 0 Å². The van der Waals surface area contributed by atoms with Crippen molar-refractivity contribution in [3.63, 3.8) is 0 Å². The zero-order valence-corrected chi connectivity index (χ0v) is 13.2. The van der Waals surface area contributed by atoms with Gasteiger partial charge in [-0.1, -0.05) is 64.8 Å². The van der Waals surface area contributed by atoms with Crippen LogP contribution in [0.1, 0.15) is 64.5 Å². The van der Waals surface area contributed by atoms with E-state index < -0.39 is 0 Å². The van der Waals surface area contributed by atoms with E-state index in [0.717, 1.165) is 11.8 Å². The molecule has 1 aliphatic rings. The Morgan fingerprint density at radius 1 is 0.895 bits per heavy atom. The normalized spacial score (nSPS) is 24.4. The van der Waals surface area contributed by atoms with Gasteiger partial charge in [-0.25, -0.2) is 0 Å². The average molecular weight is 258 g/mol. The second kappa shape index (κ2) is 6.11. The van der Waals surface area contributed by atoms with Gasteiger partial charge >= 0.3 is 0 Å². The fourth-order valence-corrected chi connectivity index (χ4v) is 3.27. The Morgan fingerprint density at radius 2 is 1.42 bits per heavy atom. The molecule has 19 heavy (non-hydrogen) atoms. The third-order valence-corrected chi connectivity index (χ3v) is 4.42. The van der Waals surface area contributed by atoms with Crippen molar-refractivity contribution in [2.75, 3.05) is 0 Å². The van der Waals surface area contributed by atoms with E-state index in [1.807, 2.05) is 0 Å². The van der Waals surface area contributed by atoms with Gasteiger partial charge in [-0.15, -0.1) is 0 Å². The topological polar surface area (TPSA) is 0 Å². The van der Waals surface area contributed by atoms with Crippen LogP contribution < -0.4 is 0 Å². The number of benzene rings is 1. The summed E-state index contributed by atoms with van der Waals surface area (Å²) in [6, 6.07) is 9.40. The van der Waals surface area contributed by atoms with E-state index in [-0.39, 0.29) is 0 Å². The van der Waals surface area contributed by atoms with E-state index in [0.29, 0.717) is 5.41 Å². The summed E-state index contributed by atoms with van der Waals surface area (Å²) in [4.78, 5) is 0. The van der Waals surface area contributed by atoms with Crippen molar-refractivity contribution in [1.82, 2.24) is 0 Å². The minimum Gasteiger partial charge on any atom is -0.0625 e. The number of hydrogen-bond acceptors (Lipinski definition) is 0. The van der Waals surface area contributed by atoms with Crippen LogP contribution in [0.25, 0.3) is 0 Å². The first-order chi connectivity index (χ1) is 8.92. The lowest BCUT2D eigenvalue weighted by molar-refractivity contribution is 0.289. The van der Waals surface area contributed by atoms with Crippen molar-refractivity contribution in [3.8, 4) is 0 Å². The van der Waals surface area contributed by atoms with Crippen LogP contribution in [-0.4, -0.2) is 0 Å². The molecule has 0 radical (unpaired) electrons. The molecule has 2 rings (SSSR count). The molecule has 0 spiro atoms. The lowest BCUT2D eigenvalue weighted by atomic mass is 9.80. The highest BCUT2D eigenvalue weighted by molar-refractivity contribution is 5.23. The second-order valence-corrected chi connectivity index (χ2v) is 7.88. The molecular formula is C19H30. The number of rotatable bonds is 3. The monoisotopic (exact) mass is 258 g/mol. The van der Waals surface area contributed by atoms with Crippen molar-refractivity contribution in [2.24, 2.45) is 17.3 Å². The first kappa shape index (κ1) is 14.6. The molecule has 1 fully saturated rings. The molecule has 0 amide bonds. The fraction of sp³-hybridized carbons (Fsp3) is 0.684. The Labute approximate surface area is 119 Å². The maximum atomic E-state index is 2.40. The van der Waals surface area contributed by atoms with Gasteiger partial charge in [-0.2, -0.15) is 0 Å². The molecule has 0 bridgehead atoms. The Kier molecular flexibility index (Phi) is 4.71. The molecule has 0 saturated heterocycles. The molecule has 1 aromatic rings. The van der Waals surface area contributed by atoms with Crippen LogP contribution in [0.3, 0.4) is 0 Å². The molecule has 0 aliphatic heterocycles. The molecule has 0 aromatic heterocycles. The maximum Gasteiger partial charge on any atom is -0.0230 e. The standard InChI is InChI=1S/C19H30/c1-15-5-7-16(8-6-15)13-17-9-11-18(12-10-17)14-19(2,3)4/h9-12,15-16H,5-8,13-14H2,1-4H3. The largest absolute Gasteiger partial charge is 0.0625 e. The summed E-state index contributed by atoms with van der Waals surface area (Å²) in [6.07, 6.45) is 8.21. The molecule has 0 heterocycles. The first-order valence-corrected chi connectivity index (χ1v) is 8.00. The average Bonchev–Trinajstić information content (AvgIpc) is 2.33. The van der Waals surface area contributed by atoms with Gasteiger partial charge in [0.05, 0.1) is 0 Å². The maximum absolute atomic E-state index is 2.40. The van der Waals surface area contributed by atoms with E-state index in [9.17, 15) is 0 Å². The van der Waals surface area contributed by atoms with Crippen LogP contribution >= 0.6 is 0 Å². The van der Waals surface area contributed by atoms with Crippen molar-refractivity contribution in [1.29, 1.82) is 0 Å². The van der Waals surface area contributed by atoms with Gasteiger partial charge in [-0.05, 0) is 54.1 Å². The Bertz CT molecular complexity index is 371. The van der Waals surface area contributed by atoms with E-state index >= 15 is 0 Å². The third kappa shape index (κ3) is 5.01. The van der Waals surface area contributed by atoms with E-state index in [2.05, 4.69) is 52.0 Å². The molecule has 0 N–H and O–H groups in total.